The molecule has 2 saturated heterocycles. The van der Waals surface area contributed by atoms with E-state index in [0.29, 0.717) is 32.6 Å². The number of para-hydroxylation sites is 2. The Bertz CT molecular complexity index is 1140. The average Bonchev–Trinajstić information content (AvgIpc) is 3.20. The second-order valence-electron chi connectivity index (χ2n) is 10.8. The Labute approximate surface area is 225 Å². The highest BCUT2D eigenvalue weighted by Crippen LogP contribution is 2.39. The molecular weight excluding hydrogens is 478 g/mol. The molecule has 38 heavy (non-hydrogen) atoms. The van der Waals surface area contributed by atoms with Crippen molar-refractivity contribution in [3.63, 3.8) is 0 Å². The van der Waals surface area contributed by atoms with Crippen molar-refractivity contribution >= 4 is 29.2 Å². The van der Waals surface area contributed by atoms with E-state index in [1.807, 2.05) is 54.6 Å². The fourth-order valence-corrected chi connectivity index (χ4v) is 6.24. The number of carbonyl (C=O) groups excluding carboxylic acids is 3. The summed E-state index contributed by atoms with van der Waals surface area (Å²) in [5.74, 6) is -0.0988. The number of nitrogens with zero attached hydrogens (tertiary/aromatic N) is 3. The number of aryl methyl sites for hydroxylation is 1. The third-order valence-electron chi connectivity index (χ3n) is 8.40. The number of anilines is 2. The summed E-state index contributed by atoms with van der Waals surface area (Å²) in [6, 6.07) is 17.9. The van der Waals surface area contributed by atoms with Gasteiger partial charge in [-0.3, -0.25) is 9.59 Å². The average molecular weight is 518 g/mol. The smallest absolute Gasteiger partial charge is 0.321 e. The summed E-state index contributed by atoms with van der Waals surface area (Å²) in [6.45, 7) is 3.45. The molecule has 0 unspecified atom stereocenters. The lowest BCUT2D eigenvalue weighted by Crippen LogP contribution is -2.58. The van der Waals surface area contributed by atoms with Gasteiger partial charge in [-0.1, -0.05) is 62.6 Å². The van der Waals surface area contributed by atoms with Crippen LogP contribution in [0.25, 0.3) is 0 Å². The van der Waals surface area contributed by atoms with Crippen LogP contribution >= 0.6 is 0 Å². The van der Waals surface area contributed by atoms with Gasteiger partial charge in [-0.25, -0.2) is 4.79 Å². The number of hydrogen-bond acceptors (Lipinski definition) is 4. The first kappa shape index (κ1) is 26.1. The second-order valence-corrected chi connectivity index (χ2v) is 10.8. The van der Waals surface area contributed by atoms with Gasteiger partial charge in [0, 0.05) is 30.5 Å². The highest BCUT2D eigenvalue weighted by Gasteiger charge is 2.54. The van der Waals surface area contributed by atoms with Gasteiger partial charge in [0.05, 0.1) is 6.67 Å². The van der Waals surface area contributed by atoms with E-state index in [9.17, 15) is 14.4 Å². The van der Waals surface area contributed by atoms with Crippen LogP contribution in [0.5, 0.6) is 0 Å². The molecule has 3 aliphatic rings. The molecule has 5 rings (SSSR count). The molecule has 0 aromatic heterocycles. The number of nitrogens with one attached hydrogen (secondary N) is 2. The summed E-state index contributed by atoms with van der Waals surface area (Å²) in [4.78, 5) is 45.6. The molecule has 2 aliphatic heterocycles. The van der Waals surface area contributed by atoms with Gasteiger partial charge in [-0.2, -0.15) is 0 Å². The normalized spacial score (nSPS) is 19.6. The van der Waals surface area contributed by atoms with E-state index in [0.717, 1.165) is 49.0 Å². The number of amides is 4. The monoisotopic (exact) mass is 517 g/mol. The van der Waals surface area contributed by atoms with Crippen molar-refractivity contribution in [1.82, 2.24) is 15.1 Å². The fourth-order valence-electron chi connectivity index (χ4n) is 6.24. The van der Waals surface area contributed by atoms with Gasteiger partial charge in [-0.15, -0.1) is 0 Å². The molecule has 3 fully saturated rings. The molecule has 0 bridgehead atoms. The molecule has 2 aromatic rings. The van der Waals surface area contributed by atoms with Crippen LogP contribution in [0, 0.1) is 0 Å². The molecule has 8 nitrogen and oxygen atoms in total. The zero-order valence-electron chi connectivity index (χ0n) is 22.3. The molecule has 0 radical (unpaired) electrons. The maximum absolute atomic E-state index is 13.9. The summed E-state index contributed by atoms with van der Waals surface area (Å²) in [7, 11) is 0. The predicted molar refractivity (Wildman–Crippen MR) is 149 cm³/mol. The molecule has 2 N–H and O–H groups in total. The summed E-state index contributed by atoms with van der Waals surface area (Å²) in [6.07, 6.45) is 7.42. The topological polar surface area (TPSA) is 85.0 Å². The van der Waals surface area contributed by atoms with E-state index in [4.69, 9.17) is 0 Å². The Kier molecular flexibility index (Phi) is 7.86. The van der Waals surface area contributed by atoms with Gasteiger partial charge in [0.2, 0.25) is 5.91 Å². The van der Waals surface area contributed by atoms with Crippen molar-refractivity contribution < 1.29 is 14.4 Å². The molecule has 1 saturated carbocycles. The standard InChI is InChI=1S/C30H39N5O3/c1-2-23-11-9-10-16-26(23)32-29(38)33-19-17-30(18-20-33)28(37)34(22-35(30)25-14-7-4-8-15-25)21-27(36)31-24-12-5-3-6-13-24/h4,7-11,14-16,24H,2-3,5-6,12-13,17-22H2,1H3,(H,31,36)(H,32,38). The zero-order chi connectivity index (χ0) is 26.5. The van der Waals surface area contributed by atoms with Crippen molar-refractivity contribution in [2.75, 3.05) is 36.5 Å². The van der Waals surface area contributed by atoms with Crippen molar-refractivity contribution in [2.24, 2.45) is 0 Å². The van der Waals surface area contributed by atoms with Crippen LogP contribution in [0.3, 0.4) is 0 Å². The maximum atomic E-state index is 13.9. The first-order valence-electron chi connectivity index (χ1n) is 14.1. The first-order valence-corrected chi connectivity index (χ1v) is 14.1. The van der Waals surface area contributed by atoms with Gasteiger partial charge in [0.15, 0.2) is 0 Å². The van der Waals surface area contributed by atoms with Crippen LogP contribution in [0.15, 0.2) is 54.6 Å². The highest BCUT2D eigenvalue weighted by molar-refractivity contribution is 5.97. The number of likely N-dealkylation sites (tertiary alicyclic amines) is 1. The Hall–Kier alpha value is -3.55. The van der Waals surface area contributed by atoms with Crippen LogP contribution in [0.2, 0.25) is 0 Å². The quantitative estimate of drug-likeness (QED) is 0.596. The Morgan fingerprint density at radius 2 is 1.63 bits per heavy atom. The molecule has 1 aliphatic carbocycles. The molecule has 2 aromatic carbocycles. The lowest BCUT2D eigenvalue weighted by Gasteiger charge is -2.43. The van der Waals surface area contributed by atoms with E-state index >= 15 is 0 Å². The molecule has 8 heteroatoms. The van der Waals surface area contributed by atoms with Gasteiger partial charge < -0.3 is 25.3 Å². The van der Waals surface area contributed by atoms with Crippen LogP contribution in [0.1, 0.15) is 57.4 Å². The molecule has 2 heterocycles. The van der Waals surface area contributed by atoms with Crippen LogP contribution in [-0.4, -0.2) is 65.5 Å². The SMILES string of the molecule is CCc1ccccc1NC(=O)N1CCC2(CC1)C(=O)N(CC(=O)NC1CCCCC1)CN2c1ccccc1. The Balaban J connectivity index is 1.28. The predicted octanol–water partition coefficient (Wildman–Crippen LogP) is 4.37. The van der Waals surface area contributed by atoms with E-state index in [1.54, 1.807) is 9.80 Å². The van der Waals surface area contributed by atoms with Gasteiger partial charge >= 0.3 is 6.03 Å². The van der Waals surface area contributed by atoms with Crippen LogP contribution in [0.4, 0.5) is 16.2 Å². The summed E-state index contributed by atoms with van der Waals surface area (Å²) in [5, 5.41) is 6.22. The maximum Gasteiger partial charge on any atom is 0.321 e. The molecular formula is C30H39N5O3. The summed E-state index contributed by atoms with van der Waals surface area (Å²) >= 11 is 0. The number of piperidine rings is 1. The molecule has 4 amide bonds. The minimum atomic E-state index is -0.759. The molecule has 202 valence electrons. The van der Waals surface area contributed by atoms with Crippen molar-refractivity contribution in [3.8, 4) is 0 Å². The third-order valence-corrected chi connectivity index (χ3v) is 8.40. The summed E-state index contributed by atoms with van der Waals surface area (Å²) < 4.78 is 0. The van der Waals surface area contributed by atoms with Gasteiger partial charge in [-0.05, 0) is 55.9 Å². The van der Waals surface area contributed by atoms with E-state index in [1.165, 1.54) is 6.42 Å². The second kappa shape index (κ2) is 11.5. The Morgan fingerprint density at radius 3 is 2.34 bits per heavy atom. The number of hydrogen-bond donors (Lipinski definition) is 2. The van der Waals surface area contributed by atoms with Crippen molar-refractivity contribution in [2.45, 2.75) is 69.9 Å². The van der Waals surface area contributed by atoms with Gasteiger partial charge in [0.25, 0.3) is 5.91 Å². The van der Waals surface area contributed by atoms with Crippen LogP contribution in [-0.2, 0) is 16.0 Å². The number of urea groups is 1. The van der Waals surface area contributed by atoms with E-state index < -0.39 is 5.54 Å². The zero-order valence-corrected chi connectivity index (χ0v) is 22.3. The number of carbonyl (C=O) groups is 3. The minimum absolute atomic E-state index is 0.0171. The van der Waals surface area contributed by atoms with Gasteiger partial charge in [0.1, 0.15) is 12.1 Å². The largest absolute Gasteiger partial charge is 0.352 e. The minimum Gasteiger partial charge on any atom is -0.352 e. The molecule has 0 atom stereocenters. The van der Waals surface area contributed by atoms with Crippen LogP contribution < -0.4 is 15.5 Å². The lowest BCUT2D eigenvalue weighted by atomic mass is 9.85. The molecule has 1 spiro atoms. The summed E-state index contributed by atoms with van der Waals surface area (Å²) in [5.41, 5.74) is 2.13. The Morgan fingerprint density at radius 1 is 0.947 bits per heavy atom. The number of benzene rings is 2. The lowest BCUT2D eigenvalue weighted by molar-refractivity contribution is -0.137. The van der Waals surface area contributed by atoms with Crippen molar-refractivity contribution in [3.05, 3.63) is 60.2 Å². The van der Waals surface area contributed by atoms with E-state index in [-0.39, 0.29) is 30.4 Å². The van der Waals surface area contributed by atoms with Crippen molar-refractivity contribution in [1.29, 1.82) is 0 Å². The highest BCUT2D eigenvalue weighted by atomic mass is 16.2. The first-order chi connectivity index (χ1) is 18.5. The van der Waals surface area contributed by atoms with E-state index in [2.05, 4.69) is 22.5 Å². The number of rotatable bonds is 6. The fraction of sp³-hybridized carbons (Fsp3) is 0.500. The third kappa shape index (κ3) is 5.35.